The minimum Gasteiger partial charge on any atom is -0.481 e. The maximum absolute atomic E-state index is 11.0. The van der Waals surface area contributed by atoms with Gasteiger partial charge in [-0.2, -0.15) is 0 Å². The number of hydrogen-bond acceptors (Lipinski definition) is 4. The maximum Gasteiger partial charge on any atom is 0.303 e. The second-order valence-corrected chi connectivity index (χ2v) is 4.77. The van der Waals surface area contributed by atoms with Gasteiger partial charge in [-0.1, -0.05) is 0 Å². The summed E-state index contributed by atoms with van der Waals surface area (Å²) in [4.78, 5) is 21.5. The van der Waals surface area contributed by atoms with Gasteiger partial charge in [0.1, 0.15) is 0 Å². The number of aliphatic hydroxyl groups is 1. The van der Waals surface area contributed by atoms with E-state index in [0.29, 0.717) is 18.7 Å². The molecule has 20 heavy (non-hydrogen) atoms. The van der Waals surface area contributed by atoms with Crippen LogP contribution in [0, 0.1) is 0 Å². The largest absolute Gasteiger partial charge is 0.481 e. The molecule has 0 amide bonds. The van der Waals surface area contributed by atoms with Gasteiger partial charge in [-0.25, -0.2) is 0 Å². The summed E-state index contributed by atoms with van der Waals surface area (Å²) in [6.45, 7) is 4.14. The molecule has 2 unspecified atom stereocenters. The Morgan fingerprint density at radius 2 is 2.15 bits per heavy atom. The van der Waals surface area contributed by atoms with Crippen LogP contribution in [-0.4, -0.2) is 39.2 Å². The minimum atomic E-state index is -0.856. The number of ether oxygens (including phenoxy) is 1. The molecule has 0 spiro atoms. The fraction of sp³-hybridized carbons (Fsp3) is 0.571. The summed E-state index contributed by atoms with van der Waals surface area (Å²) in [7, 11) is 0. The molecular formula is C14H21NO5. The average molecular weight is 283 g/mol. The van der Waals surface area contributed by atoms with Crippen molar-refractivity contribution in [3.63, 3.8) is 0 Å². The lowest BCUT2D eigenvalue weighted by Gasteiger charge is -2.17. The molecule has 0 aliphatic carbocycles. The Morgan fingerprint density at radius 1 is 1.45 bits per heavy atom. The van der Waals surface area contributed by atoms with Crippen LogP contribution in [-0.2, 0) is 22.7 Å². The molecule has 1 rings (SSSR count). The standard InChI is InChI=1S/C14H21NO5/c1-10(17)11(2)20-9-13-6-5-12(8-16)15(13)7-3-4-14(18)19/h5-6,8,10-11,17H,3-4,7,9H2,1-2H3,(H,18,19). The molecule has 0 aromatic carbocycles. The van der Waals surface area contributed by atoms with Gasteiger partial charge in [0.15, 0.2) is 6.29 Å². The Morgan fingerprint density at radius 3 is 2.70 bits per heavy atom. The van der Waals surface area contributed by atoms with E-state index in [4.69, 9.17) is 9.84 Å². The summed E-state index contributed by atoms with van der Waals surface area (Å²) in [5, 5.41) is 18.0. The van der Waals surface area contributed by atoms with E-state index < -0.39 is 12.1 Å². The second kappa shape index (κ2) is 7.81. The van der Waals surface area contributed by atoms with Gasteiger partial charge in [0, 0.05) is 18.7 Å². The minimum absolute atomic E-state index is 0.0564. The highest BCUT2D eigenvalue weighted by atomic mass is 16.5. The quantitative estimate of drug-likeness (QED) is 0.670. The fourth-order valence-corrected chi connectivity index (χ4v) is 1.77. The first kappa shape index (κ1) is 16.4. The van der Waals surface area contributed by atoms with Crippen molar-refractivity contribution >= 4 is 12.3 Å². The third kappa shape index (κ3) is 4.79. The van der Waals surface area contributed by atoms with E-state index in [1.165, 1.54) is 0 Å². The molecular weight excluding hydrogens is 262 g/mol. The molecule has 0 aliphatic heterocycles. The van der Waals surface area contributed by atoms with Gasteiger partial charge in [0.05, 0.1) is 24.5 Å². The first-order valence-electron chi connectivity index (χ1n) is 6.60. The van der Waals surface area contributed by atoms with Gasteiger partial charge in [-0.3, -0.25) is 9.59 Å². The van der Waals surface area contributed by atoms with Crippen LogP contribution < -0.4 is 0 Å². The van der Waals surface area contributed by atoms with Crippen LogP contribution in [0.3, 0.4) is 0 Å². The van der Waals surface area contributed by atoms with E-state index in [0.717, 1.165) is 12.0 Å². The summed E-state index contributed by atoms with van der Waals surface area (Å²) >= 11 is 0. The first-order valence-corrected chi connectivity index (χ1v) is 6.60. The van der Waals surface area contributed by atoms with Crippen molar-refractivity contribution in [2.45, 2.75) is 52.0 Å². The van der Waals surface area contributed by atoms with Crippen molar-refractivity contribution in [1.29, 1.82) is 0 Å². The summed E-state index contributed by atoms with van der Waals surface area (Å²) in [5.74, 6) is -0.856. The van der Waals surface area contributed by atoms with Crippen molar-refractivity contribution in [1.82, 2.24) is 4.57 Å². The zero-order valence-electron chi connectivity index (χ0n) is 11.8. The number of aliphatic carboxylic acids is 1. The van der Waals surface area contributed by atoms with E-state index in [-0.39, 0.29) is 19.1 Å². The summed E-state index contributed by atoms with van der Waals surface area (Å²) in [6.07, 6.45) is 0.362. The number of carbonyl (C=O) groups excluding carboxylic acids is 1. The number of aldehydes is 1. The summed E-state index contributed by atoms with van der Waals surface area (Å²) < 4.78 is 7.27. The van der Waals surface area contributed by atoms with E-state index in [2.05, 4.69) is 0 Å². The van der Waals surface area contributed by atoms with Gasteiger partial charge in [-0.15, -0.1) is 0 Å². The molecule has 0 radical (unpaired) electrons. The SMILES string of the molecule is CC(O)C(C)OCc1ccc(C=O)n1CCCC(=O)O. The Hall–Kier alpha value is -1.66. The molecule has 0 bridgehead atoms. The predicted molar refractivity (Wildman–Crippen MR) is 72.6 cm³/mol. The van der Waals surface area contributed by atoms with Crippen LogP contribution in [0.2, 0.25) is 0 Å². The molecule has 2 atom stereocenters. The van der Waals surface area contributed by atoms with Crippen LogP contribution in [0.15, 0.2) is 12.1 Å². The normalized spacial score (nSPS) is 13.9. The Labute approximate surface area is 118 Å². The Balaban J connectivity index is 2.68. The van der Waals surface area contributed by atoms with Crippen LogP contribution in [0.25, 0.3) is 0 Å². The van der Waals surface area contributed by atoms with Crippen LogP contribution in [0.5, 0.6) is 0 Å². The smallest absolute Gasteiger partial charge is 0.303 e. The number of rotatable bonds is 9. The van der Waals surface area contributed by atoms with Crippen molar-refractivity contribution in [2.75, 3.05) is 0 Å². The predicted octanol–water partition coefficient (Wildman–Crippen LogP) is 1.45. The van der Waals surface area contributed by atoms with Gasteiger partial charge in [-0.05, 0) is 32.4 Å². The van der Waals surface area contributed by atoms with Crippen molar-refractivity contribution in [2.24, 2.45) is 0 Å². The van der Waals surface area contributed by atoms with E-state index in [1.807, 2.05) is 0 Å². The molecule has 112 valence electrons. The van der Waals surface area contributed by atoms with Gasteiger partial charge in [0.25, 0.3) is 0 Å². The van der Waals surface area contributed by atoms with E-state index in [1.54, 1.807) is 30.5 Å². The number of aliphatic hydroxyl groups excluding tert-OH is 1. The van der Waals surface area contributed by atoms with Gasteiger partial charge < -0.3 is 19.5 Å². The van der Waals surface area contributed by atoms with Crippen molar-refractivity contribution in [3.8, 4) is 0 Å². The lowest BCUT2D eigenvalue weighted by Crippen LogP contribution is -2.23. The molecule has 0 saturated carbocycles. The summed E-state index contributed by atoms with van der Waals surface area (Å²) in [6, 6.07) is 3.46. The number of carboxylic acids is 1. The Kier molecular flexibility index (Phi) is 6.41. The zero-order chi connectivity index (χ0) is 15.1. The molecule has 0 saturated heterocycles. The van der Waals surface area contributed by atoms with Crippen molar-refractivity contribution < 1.29 is 24.5 Å². The highest BCUT2D eigenvalue weighted by Crippen LogP contribution is 2.13. The van der Waals surface area contributed by atoms with E-state index in [9.17, 15) is 14.7 Å². The highest BCUT2D eigenvalue weighted by Gasteiger charge is 2.12. The summed E-state index contributed by atoms with van der Waals surface area (Å²) in [5.41, 5.74) is 1.30. The average Bonchev–Trinajstić information content (AvgIpc) is 2.77. The van der Waals surface area contributed by atoms with Crippen LogP contribution in [0.1, 0.15) is 42.9 Å². The number of carboxylic acid groups (broad SMARTS) is 1. The molecule has 1 aromatic heterocycles. The number of nitrogens with zero attached hydrogens (tertiary/aromatic N) is 1. The number of hydrogen-bond donors (Lipinski definition) is 2. The Bertz CT molecular complexity index is 452. The lowest BCUT2D eigenvalue weighted by atomic mass is 10.2. The molecule has 6 nitrogen and oxygen atoms in total. The number of carbonyl (C=O) groups is 2. The fourth-order valence-electron chi connectivity index (χ4n) is 1.77. The first-order chi connectivity index (χ1) is 9.45. The molecule has 6 heteroatoms. The van der Waals surface area contributed by atoms with Gasteiger partial charge in [0.2, 0.25) is 0 Å². The molecule has 0 fully saturated rings. The lowest BCUT2D eigenvalue weighted by molar-refractivity contribution is -0.137. The maximum atomic E-state index is 11.0. The van der Waals surface area contributed by atoms with Crippen molar-refractivity contribution in [3.05, 3.63) is 23.5 Å². The van der Waals surface area contributed by atoms with Crippen LogP contribution >= 0.6 is 0 Å². The van der Waals surface area contributed by atoms with E-state index >= 15 is 0 Å². The second-order valence-electron chi connectivity index (χ2n) is 4.77. The molecule has 1 aromatic rings. The zero-order valence-corrected chi connectivity index (χ0v) is 11.8. The molecule has 1 heterocycles. The molecule has 0 aliphatic rings. The highest BCUT2D eigenvalue weighted by molar-refractivity contribution is 5.72. The third-order valence-corrected chi connectivity index (χ3v) is 3.17. The molecule has 2 N–H and O–H groups in total. The van der Waals surface area contributed by atoms with Crippen LogP contribution in [0.4, 0.5) is 0 Å². The third-order valence-electron chi connectivity index (χ3n) is 3.17. The van der Waals surface area contributed by atoms with Gasteiger partial charge >= 0.3 is 5.97 Å². The topological polar surface area (TPSA) is 88.8 Å². The monoisotopic (exact) mass is 283 g/mol. The number of aromatic nitrogens is 1.